The van der Waals surface area contributed by atoms with E-state index in [2.05, 4.69) is 42.9 Å². The first-order valence-corrected chi connectivity index (χ1v) is 8.56. The van der Waals surface area contributed by atoms with Gasteiger partial charge >= 0.3 is 0 Å². The number of benzene rings is 1. The number of aromatic nitrogens is 3. The van der Waals surface area contributed by atoms with Gasteiger partial charge in [-0.05, 0) is 54.1 Å². The van der Waals surface area contributed by atoms with E-state index >= 15 is 0 Å². The first kappa shape index (κ1) is 15.3. The molecule has 7 heteroatoms. The lowest BCUT2D eigenvalue weighted by Crippen LogP contribution is -2.18. The molecule has 0 saturated heterocycles. The standard InChI is InChI=1S/C17H14IN5O/c1-9-15(10(2)23-8-19-7-14(23)21-9)17(24)22-12-4-3-11-6-20-16(18)13(11)5-12/h3-5,7-8H,6H2,1-2H3,(H,22,24). The van der Waals surface area contributed by atoms with Crippen molar-refractivity contribution in [3.63, 3.8) is 0 Å². The topological polar surface area (TPSA) is 71.7 Å². The Morgan fingerprint density at radius 2 is 2.17 bits per heavy atom. The third-order valence-corrected chi connectivity index (χ3v) is 5.11. The zero-order valence-corrected chi connectivity index (χ0v) is 15.3. The summed E-state index contributed by atoms with van der Waals surface area (Å²) in [6.45, 7) is 4.45. The summed E-state index contributed by atoms with van der Waals surface area (Å²) < 4.78 is 2.80. The van der Waals surface area contributed by atoms with Gasteiger partial charge in [-0.15, -0.1) is 0 Å². The normalized spacial score (nSPS) is 13.0. The molecule has 0 unspecified atom stereocenters. The number of amides is 1. The second kappa shape index (κ2) is 5.66. The quantitative estimate of drug-likeness (QED) is 0.634. The molecule has 24 heavy (non-hydrogen) atoms. The first-order valence-electron chi connectivity index (χ1n) is 7.48. The molecule has 0 spiro atoms. The molecular formula is C17H14IN5O. The summed E-state index contributed by atoms with van der Waals surface area (Å²) in [5.41, 5.74) is 5.86. The van der Waals surface area contributed by atoms with Crippen molar-refractivity contribution < 1.29 is 4.79 Å². The molecule has 0 fully saturated rings. The molecule has 0 radical (unpaired) electrons. The summed E-state index contributed by atoms with van der Waals surface area (Å²) in [4.78, 5) is 25.7. The molecule has 0 bridgehead atoms. The Balaban J connectivity index is 1.70. The van der Waals surface area contributed by atoms with Crippen LogP contribution in [0.25, 0.3) is 5.65 Å². The Morgan fingerprint density at radius 1 is 1.33 bits per heavy atom. The summed E-state index contributed by atoms with van der Waals surface area (Å²) >= 11 is 2.22. The summed E-state index contributed by atoms with van der Waals surface area (Å²) in [5, 5.41) is 2.98. The van der Waals surface area contributed by atoms with E-state index in [0.29, 0.717) is 17.8 Å². The molecule has 0 atom stereocenters. The second-order valence-electron chi connectivity index (χ2n) is 5.71. The molecule has 120 valence electrons. The van der Waals surface area contributed by atoms with E-state index in [4.69, 9.17) is 0 Å². The van der Waals surface area contributed by atoms with Crippen LogP contribution >= 0.6 is 22.6 Å². The SMILES string of the molecule is Cc1nc2cncn2c(C)c1C(=O)Nc1ccc2c(c1)C(I)=NC2. The highest BCUT2D eigenvalue weighted by molar-refractivity contribution is 14.1. The van der Waals surface area contributed by atoms with Gasteiger partial charge in [-0.1, -0.05) is 6.07 Å². The molecule has 0 saturated carbocycles. The molecule has 6 nitrogen and oxygen atoms in total. The Kier molecular flexibility index (Phi) is 3.60. The second-order valence-corrected chi connectivity index (χ2v) is 6.73. The molecule has 0 aliphatic carbocycles. The number of rotatable bonds is 2. The number of carbonyl (C=O) groups is 1. The van der Waals surface area contributed by atoms with Crippen LogP contribution < -0.4 is 5.32 Å². The van der Waals surface area contributed by atoms with E-state index in [1.165, 1.54) is 5.56 Å². The van der Waals surface area contributed by atoms with Gasteiger partial charge in [-0.2, -0.15) is 0 Å². The number of halogens is 1. The van der Waals surface area contributed by atoms with Gasteiger partial charge in [0.2, 0.25) is 0 Å². The molecule has 1 amide bonds. The summed E-state index contributed by atoms with van der Waals surface area (Å²) in [6, 6.07) is 5.89. The van der Waals surface area contributed by atoms with Gasteiger partial charge in [0.05, 0.1) is 24.0 Å². The van der Waals surface area contributed by atoms with Gasteiger partial charge in [0.25, 0.3) is 5.91 Å². The third kappa shape index (κ3) is 2.39. The number of carbonyl (C=O) groups excluding carboxylic acids is 1. The minimum Gasteiger partial charge on any atom is -0.322 e. The Morgan fingerprint density at radius 3 is 3.00 bits per heavy atom. The highest BCUT2D eigenvalue weighted by Crippen LogP contribution is 2.26. The highest BCUT2D eigenvalue weighted by atomic mass is 127. The summed E-state index contributed by atoms with van der Waals surface area (Å²) in [5.74, 6) is -0.169. The lowest BCUT2D eigenvalue weighted by Gasteiger charge is -2.12. The fourth-order valence-corrected chi connectivity index (χ4v) is 3.66. The molecule has 4 rings (SSSR count). The predicted octanol–water partition coefficient (Wildman–Crippen LogP) is 3.29. The van der Waals surface area contributed by atoms with E-state index in [9.17, 15) is 4.79 Å². The lowest BCUT2D eigenvalue weighted by atomic mass is 10.1. The first-order chi connectivity index (χ1) is 11.5. The van der Waals surface area contributed by atoms with E-state index in [1.807, 2.05) is 36.4 Å². The number of hydrogen-bond donors (Lipinski definition) is 1. The van der Waals surface area contributed by atoms with Crippen LogP contribution in [0.15, 0.2) is 35.7 Å². The minimum atomic E-state index is -0.169. The van der Waals surface area contributed by atoms with E-state index in [0.717, 1.165) is 26.3 Å². The van der Waals surface area contributed by atoms with E-state index in [-0.39, 0.29) is 5.91 Å². The van der Waals surface area contributed by atoms with Crippen molar-refractivity contribution in [1.82, 2.24) is 14.4 Å². The van der Waals surface area contributed by atoms with Crippen LogP contribution in [0.2, 0.25) is 0 Å². The summed E-state index contributed by atoms with van der Waals surface area (Å²) in [7, 11) is 0. The largest absolute Gasteiger partial charge is 0.322 e. The van der Waals surface area contributed by atoms with Gasteiger partial charge in [0, 0.05) is 16.9 Å². The number of nitrogens with zero attached hydrogens (tertiary/aromatic N) is 4. The lowest BCUT2D eigenvalue weighted by molar-refractivity contribution is 0.102. The maximum Gasteiger partial charge on any atom is 0.259 e. The zero-order valence-electron chi connectivity index (χ0n) is 13.2. The van der Waals surface area contributed by atoms with E-state index in [1.54, 1.807) is 12.5 Å². The monoisotopic (exact) mass is 431 g/mol. The number of hydrogen-bond acceptors (Lipinski definition) is 4. The van der Waals surface area contributed by atoms with Crippen LogP contribution in [0.5, 0.6) is 0 Å². The number of aryl methyl sites for hydroxylation is 2. The van der Waals surface area contributed by atoms with Crippen molar-refractivity contribution in [1.29, 1.82) is 0 Å². The van der Waals surface area contributed by atoms with Crippen LogP contribution in [-0.2, 0) is 6.54 Å². The van der Waals surface area contributed by atoms with Crippen LogP contribution in [0.4, 0.5) is 5.69 Å². The zero-order chi connectivity index (χ0) is 16.8. The smallest absolute Gasteiger partial charge is 0.259 e. The molecule has 1 aromatic carbocycles. The number of anilines is 1. The maximum atomic E-state index is 12.8. The van der Waals surface area contributed by atoms with Crippen molar-refractivity contribution >= 4 is 43.6 Å². The molecule has 2 aromatic heterocycles. The molecular weight excluding hydrogens is 417 g/mol. The van der Waals surface area contributed by atoms with Crippen molar-refractivity contribution in [3.05, 3.63) is 58.8 Å². The highest BCUT2D eigenvalue weighted by Gasteiger charge is 2.19. The van der Waals surface area contributed by atoms with Gasteiger partial charge < -0.3 is 5.32 Å². The molecule has 3 aromatic rings. The number of nitrogens with one attached hydrogen (secondary N) is 1. The average molecular weight is 431 g/mol. The molecule has 1 aliphatic heterocycles. The number of fused-ring (bicyclic) bond motifs is 2. The molecule has 1 N–H and O–H groups in total. The van der Waals surface area contributed by atoms with Crippen molar-refractivity contribution in [2.75, 3.05) is 5.32 Å². The van der Waals surface area contributed by atoms with Crippen LogP contribution in [0.1, 0.15) is 32.9 Å². The minimum absolute atomic E-state index is 0.169. The Labute approximate surface area is 152 Å². The van der Waals surface area contributed by atoms with Gasteiger partial charge in [-0.25, -0.2) is 9.97 Å². The Hall–Kier alpha value is -2.29. The van der Waals surface area contributed by atoms with Crippen LogP contribution in [0.3, 0.4) is 0 Å². The molecule has 1 aliphatic rings. The molecule has 3 heterocycles. The number of imidazole rings is 1. The van der Waals surface area contributed by atoms with Gasteiger partial charge in [0.15, 0.2) is 5.65 Å². The van der Waals surface area contributed by atoms with Crippen molar-refractivity contribution in [2.24, 2.45) is 4.99 Å². The van der Waals surface area contributed by atoms with Crippen molar-refractivity contribution in [3.8, 4) is 0 Å². The average Bonchev–Trinajstić information content (AvgIpc) is 3.15. The Bertz CT molecular complexity index is 1020. The van der Waals surface area contributed by atoms with Gasteiger partial charge in [0.1, 0.15) is 10.0 Å². The summed E-state index contributed by atoms with van der Waals surface area (Å²) in [6.07, 6.45) is 3.35. The fourth-order valence-electron chi connectivity index (χ4n) is 2.99. The maximum absolute atomic E-state index is 12.8. The third-order valence-electron chi connectivity index (χ3n) is 4.19. The van der Waals surface area contributed by atoms with Crippen LogP contribution in [0, 0.1) is 13.8 Å². The predicted molar refractivity (Wildman–Crippen MR) is 101 cm³/mol. The fraction of sp³-hybridized carbons (Fsp3) is 0.176. The van der Waals surface area contributed by atoms with Crippen molar-refractivity contribution in [2.45, 2.75) is 20.4 Å². The van der Waals surface area contributed by atoms with Gasteiger partial charge in [-0.3, -0.25) is 14.2 Å². The van der Waals surface area contributed by atoms with E-state index < -0.39 is 0 Å². The van der Waals surface area contributed by atoms with Crippen LogP contribution in [-0.4, -0.2) is 24.0 Å². The number of aliphatic imine (C=N–C) groups is 1.